The average molecular weight is 295 g/mol. The third-order valence-corrected chi connectivity index (χ3v) is 5.00. The quantitative estimate of drug-likeness (QED) is 0.790. The summed E-state index contributed by atoms with van der Waals surface area (Å²) < 4.78 is 0. The zero-order valence-electron chi connectivity index (χ0n) is 11.8. The van der Waals surface area contributed by atoms with Gasteiger partial charge in [0.2, 0.25) is 0 Å². The lowest BCUT2D eigenvalue weighted by Crippen LogP contribution is -2.23. The predicted molar refractivity (Wildman–Crippen MR) is 84.1 cm³/mol. The van der Waals surface area contributed by atoms with E-state index in [1.165, 1.54) is 10.4 Å². The maximum atomic E-state index is 4.34. The minimum atomic E-state index is 0.559. The summed E-state index contributed by atoms with van der Waals surface area (Å²) >= 11 is 3.51. The van der Waals surface area contributed by atoms with Crippen molar-refractivity contribution in [3.05, 3.63) is 22.0 Å². The van der Waals surface area contributed by atoms with Crippen LogP contribution >= 0.6 is 22.7 Å². The minimum absolute atomic E-state index is 0.559. The molecule has 0 atom stereocenters. The van der Waals surface area contributed by atoms with Crippen molar-refractivity contribution in [2.45, 2.75) is 46.1 Å². The van der Waals surface area contributed by atoms with Crippen molar-refractivity contribution in [3.63, 3.8) is 0 Å². The standard InChI is InChI=1S/C14H21N3S2/c1-4-11-7-9-18-13(11)14-17-16-12(19-14)6-5-8-15-10(2)3/h7,9-10,15H,4-6,8H2,1-3H3. The van der Waals surface area contributed by atoms with Crippen molar-refractivity contribution in [2.24, 2.45) is 0 Å². The van der Waals surface area contributed by atoms with E-state index in [4.69, 9.17) is 0 Å². The molecule has 0 bridgehead atoms. The zero-order chi connectivity index (χ0) is 13.7. The lowest BCUT2D eigenvalue weighted by atomic mass is 10.2. The van der Waals surface area contributed by atoms with Crippen molar-refractivity contribution in [1.29, 1.82) is 0 Å². The van der Waals surface area contributed by atoms with Gasteiger partial charge in [-0.25, -0.2) is 0 Å². The van der Waals surface area contributed by atoms with Crippen molar-refractivity contribution < 1.29 is 0 Å². The van der Waals surface area contributed by atoms with Gasteiger partial charge in [0.15, 0.2) is 5.01 Å². The number of thiophene rings is 1. The van der Waals surface area contributed by atoms with Gasteiger partial charge in [0.25, 0.3) is 0 Å². The summed E-state index contributed by atoms with van der Waals surface area (Å²) in [7, 11) is 0. The molecule has 3 nitrogen and oxygen atoms in total. The number of hydrogen-bond acceptors (Lipinski definition) is 5. The van der Waals surface area contributed by atoms with Gasteiger partial charge in [-0.05, 0) is 36.4 Å². The molecule has 0 fully saturated rings. The highest BCUT2D eigenvalue weighted by Crippen LogP contribution is 2.32. The molecule has 2 rings (SSSR count). The second-order valence-corrected chi connectivity index (χ2v) is 6.82. The molecule has 0 radical (unpaired) electrons. The van der Waals surface area contributed by atoms with E-state index in [2.05, 4.69) is 47.7 Å². The molecular weight excluding hydrogens is 274 g/mol. The first-order valence-electron chi connectivity index (χ1n) is 6.83. The zero-order valence-corrected chi connectivity index (χ0v) is 13.4. The molecule has 0 saturated heterocycles. The summed E-state index contributed by atoms with van der Waals surface area (Å²) in [6.45, 7) is 7.58. The van der Waals surface area contributed by atoms with Crippen LogP contribution in [-0.2, 0) is 12.8 Å². The first-order chi connectivity index (χ1) is 9.20. The van der Waals surface area contributed by atoms with Crippen molar-refractivity contribution in [1.82, 2.24) is 15.5 Å². The molecule has 0 aromatic carbocycles. The number of nitrogens with zero attached hydrogens (tertiary/aromatic N) is 2. The Morgan fingerprint density at radius 1 is 1.32 bits per heavy atom. The molecule has 104 valence electrons. The Hall–Kier alpha value is -0.780. The van der Waals surface area contributed by atoms with E-state index in [1.54, 1.807) is 22.7 Å². The maximum Gasteiger partial charge on any atom is 0.158 e. The van der Waals surface area contributed by atoms with Crippen molar-refractivity contribution in [3.8, 4) is 9.88 Å². The van der Waals surface area contributed by atoms with Crippen LogP contribution in [0.2, 0.25) is 0 Å². The summed E-state index contributed by atoms with van der Waals surface area (Å²) in [4.78, 5) is 1.30. The van der Waals surface area contributed by atoms with Crippen LogP contribution in [0.3, 0.4) is 0 Å². The second kappa shape index (κ2) is 7.12. The average Bonchev–Trinajstić information content (AvgIpc) is 3.02. The fourth-order valence-corrected chi connectivity index (χ4v) is 3.88. The summed E-state index contributed by atoms with van der Waals surface area (Å²) in [6.07, 6.45) is 3.20. The van der Waals surface area contributed by atoms with Crippen LogP contribution < -0.4 is 5.32 Å². The van der Waals surface area contributed by atoms with Gasteiger partial charge in [-0.1, -0.05) is 32.1 Å². The van der Waals surface area contributed by atoms with Gasteiger partial charge < -0.3 is 5.32 Å². The Bertz CT molecular complexity index is 502. The van der Waals surface area contributed by atoms with E-state index in [9.17, 15) is 0 Å². The topological polar surface area (TPSA) is 37.8 Å². The Morgan fingerprint density at radius 3 is 2.89 bits per heavy atom. The van der Waals surface area contributed by atoms with Gasteiger partial charge in [0.05, 0.1) is 4.88 Å². The number of aryl methyl sites for hydroxylation is 2. The third-order valence-electron chi connectivity index (χ3n) is 2.91. The van der Waals surface area contributed by atoms with E-state index in [-0.39, 0.29) is 0 Å². The molecule has 0 spiro atoms. The lowest BCUT2D eigenvalue weighted by molar-refractivity contribution is 0.569. The van der Waals surface area contributed by atoms with Gasteiger partial charge in [0.1, 0.15) is 5.01 Å². The summed E-state index contributed by atoms with van der Waals surface area (Å²) in [5, 5.41) is 16.4. The van der Waals surface area contributed by atoms with Gasteiger partial charge in [-0.3, -0.25) is 0 Å². The molecule has 0 amide bonds. The normalized spacial score (nSPS) is 11.4. The maximum absolute atomic E-state index is 4.34. The highest BCUT2D eigenvalue weighted by Gasteiger charge is 2.11. The predicted octanol–water partition coefficient (Wildman–Crippen LogP) is 3.76. The second-order valence-electron chi connectivity index (χ2n) is 4.84. The largest absolute Gasteiger partial charge is 0.315 e. The number of rotatable bonds is 7. The fraction of sp³-hybridized carbons (Fsp3) is 0.571. The summed E-state index contributed by atoms with van der Waals surface area (Å²) in [6, 6.07) is 2.75. The number of hydrogen-bond donors (Lipinski definition) is 1. The molecule has 0 unspecified atom stereocenters. The van der Waals surface area contributed by atoms with Crippen LogP contribution in [0.25, 0.3) is 9.88 Å². The van der Waals surface area contributed by atoms with Crippen LogP contribution in [0.5, 0.6) is 0 Å². The first kappa shape index (κ1) is 14.6. The van der Waals surface area contributed by atoms with Crippen LogP contribution in [0, 0.1) is 0 Å². The van der Waals surface area contributed by atoms with E-state index < -0.39 is 0 Å². The monoisotopic (exact) mass is 295 g/mol. The highest BCUT2D eigenvalue weighted by atomic mass is 32.1. The third kappa shape index (κ3) is 4.09. The Kier molecular flexibility index (Phi) is 5.48. The number of nitrogens with one attached hydrogen (secondary N) is 1. The Labute approximate surface area is 123 Å². The molecule has 2 aromatic heterocycles. The van der Waals surface area contributed by atoms with Crippen LogP contribution in [0.1, 0.15) is 37.8 Å². The van der Waals surface area contributed by atoms with Gasteiger partial charge in [-0.15, -0.1) is 21.5 Å². The van der Waals surface area contributed by atoms with Crippen LogP contribution in [0.4, 0.5) is 0 Å². The molecule has 0 aliphatic carbocycles. The molecule has 0 aliphatic rings. The number of aromatic nitrogens is 2. The first-order valence-corrected chi connectivity index (χ1v) is 8.52. The Morgan fingerprint density at radius 2 is 2.16 bits per heavy atom. The van der Waals surface area contributed by atoms with E-state index in [1.807, 2.05) is 0 Å². The molecular formula is C14H21N3S2. The van der Waals surface area contributed by atoms with Crippen LogP contribution in [-0.4, -0.2) is 22.8 Å². The molecule has 0 saturated carbocycles. The smallest absolute Gasteiger partial charge is 0.158 e. The lowest BCUT2D eigenvalue weighted by Gasteiger charge is -2.05. The summed E-state index contributed by atoms with van der Waals surface area (Å²) in [5.74, 6) is 0. The minimum Gasteiger partial charge on any atom is -0.315 e. The summed E-state index contributed by atoms with van der Waals surface area (Å²) in [5.41, 5.74) is 1.38. The SMILES string of the molecule is CCc1ccsc1-c1nnc(CCCNC(C)C)s1. The molecule has 5 heteroatoms. The van der Waals surface area contributed by atoms with E-state index >= 15 is 0 Å². The van der Waals surface area contributed by atoms with Gasteiger partial charge >= 0.3 is 0 Å². The van der Waals surface area contributed by atoms with Crippen molar-refractivity contribution in [2.75, 3.05) is 6.54 Å². The van der Waals surface area contributed by atoms with Crippen LogP contribution in [0.15, 0.2) is 11.4 Å². The molecule has 0 aliphatic heterocycles. The molecule has 1 N–H and O–H groups in total. The van der Waals surface area contributed by atoms with Gasteiger partial charge in [0, 0.05) is 12.5 Å². The molecule has 2 aromatic rings. The highest BCUT2D eigenvalue weighted by molar-refractivity contribution is 7.20. The van der Waals surface area contributed by atoms with E-state index in [0.29, 0.717) is 6.04 Å². The Balaban J connectivity index is 1.92. The van der Waals surface area contributed by atoms with Gasteiger partial charge in [-0.2, -0.15) is 0 Å². The van der Waals surface area contributed by atoms with Crippen molar-refractivity contribution >= 4 is 22.7 Å². The fourth-order valence-electron chi connectivity index (χ4n) is 1.88. The van der Waals surface area contributed by atoms with E-state index in [0.717, 1.165) is 35.8 Å². The molecule has 19 heavy (non-hydrogen) atoms. The molecule has 2 heterocycles.